The van der Waals surface area contributed by atoms with Gasteiger partial charge in [-0.1, -0.05) is 60.7 Å². The number of carbonyl (C=O) groups is 1. The Hall–Kier alpha value is -2.40. The number of nitrogens with zero attached hydrogens (tertiary/aromatic N) is 1. The predicted molar refractivity (Wildman–Crippen MR) is 77.0 cm³/mol. The molecule has 0 saturated heterocycles. The molecule has 1 fully saturated rings. The van der Waals surface area contributed by atoms with Crippen LogP contribution >= 0.6 is 0 Å². The largest absolute Gasteiger partial charge is 0.300 e. The second kappa shape index (κ2) is 4.94. The highest BCUT2D eigenvalue weighted by Crippen LogP contribution is 2.51. The minimum atomic E-state index is -0.584. The molecule has 1 saturated carbocycles. The zero-order valence-corrected chi connectivity index (χ0v) is 11.1. The second-order valence-corrected chi connectivity index (χ2v) is 5.41. The lowest BCUT2D eigenvalue weighted by atomic mass is 9.58. The van der Waals surface area contributed by atoms with Crippen LogP contribution in [0.3, 0.4) is 0 Å². The summed E-state index contributed by atoms with van der Waals surface area (Å²) in [6, 6.07) is 22.5. The molecule has 0 N–H and O–H groups in total. The van der Waals surface area contributed by atoms with Gasteiger partial charge in [-0.05, 0) is 11.1 Å². The van der Waals surface area contributed by atoms with Crippen LogP contribution in [-0.4, -0.2) is 5.78 Å². The SMILES string of the molecule is N#CC1(C(c2ccccc2)c2ccccc2)CC(=O)C1. The van der Waals surface area contributed by atoms with E-state index in [0.29, 0.717) is 12.8 Å². The summed E-state index contributed by atoms with van der Waals surface area (Å²) in [6.07, 6.45) is 0.718. The van der Waals surface area contributed by atoms with Crippen LogP contribution in [0.2, 0.25) is 0 Å². The first-order valence-electron chi connectivity index (χ1n) is 6.78. The van der Waals surface area contributed by atoms with Crippen molar-refractivity contribution in [3.63, 3.8) is 0 Å². The quantitative estimate of drug-likeness (QED) is 0.845. The van der Waals surface area contributed by atoms with Crippen molar-refractivity contribution >= 4 is 5.78 Å². The molecular weight excluding hydrogens is 246 g/mol. The summed E-state index contributed by atoms with van der Waals surface area (Å²) < 4.78 is 0. The Balaban J connectivity index is 2.10. The van der Waals surface area contributed by atoms with Gasteiger partial charge in [-0.3, -0.25) is 4.79 Å². The third-order valence-corrected chi connectivity index (χ3v) is 4.07. The molecule has 0 heterocycles. The third-order valence-electron chi connectivity index (χ3n) is 4.07. The van der Waals surface area contributed by atoms with Crippen molar-refractivity contribution < 1.29 is 4.79 Å². The molecule has 3 rings (SSSR count). The van der Waals surface area contributed by atoms with Gasteiger partial charge in [0.2, 0.25) is 0 Å². The summed E-state index contributed by atoms with van der Waals surface area (Å²) in [7, 11) is 0. The summed E-state index contributed by atoms with van der Waals surface area (Å²) in [6.45, 7) is 0. The molecule has 0 bridgehead atoms. The predicted octanol–water partition coefficient (Wildman–Crippen LogP) is 3.69. The summed E-state index contributed by atoms with van der Waals surface area (Å²) in [4.78, 5) is 11.5. The highest BCUT2D eigenvalue weighted by Gasteiger charge is 2.50. The lowest BCUT2D eigenvalue weighted by Crippen LogP contribution is -2.41. The van der Waals surface area contributed by atoms with Gasteiger partial charge in [0, 0.05) is 18.8 Å². The summed E-state index contributed by atoms with van der Waals surface area (Å²) in [5, 5.41) is 9.65. The van der Waals surface area contributed by atoms with Gasteiger partial charge < -0.3 is 0 Å². The van der Waals surface area contributed by atoms with Crippen LogP contribution in [0.1, 0.15) is 29.9 Å². The van der Waals surface area contributed by atoms with Crippen molar-refractivity contribution in [3.8, 4) is 6.07 Å². The molecule has 2 nitrogen and oxygen atoms in total. The Morgan fingerprint density at radius 3 is 1.70 bits per heavy atom. The number of ketones is 1. The molecule has 0 atom stereocenters. The molecule has 0 aliphatic heterocycles. The molecule has 2 aromatic rings. The zero-order valence-electron chi connectivity index (χ0n) is 11.1. The normalized spacial score (nSPS) is 16.5. The fraction of sp³-hybridized carbons (Fsp3) is 0.222. The highest BCUT2D eigenvalue weighted by molar-refractivity contribution is 5.88. The van der Waals surface area contributed by atoms with E-state index >= 15 is 0 Å². The number of carbonyl (C=O) groups excluding carboxylic acids is 1. The van der Waals surface area contributed by atoms with Crippen molar-refractivity contribution in [2.45, 2.75) is 18.8 Å². The van der Waals surface area contributed by atoms with Crippen LogP contribution in [0, 0.1) is 16.7 Å². The molecule has 0 amide bonds. The zero-order chi connectivity index (χ0) is 14.0. The smallest absolute Gasteiger partial charge is 0.136 e. The molecule has 2 heteroatoms. The van der Waals surface area contributed by atoms with Crippen molar-refractivity contribution in [2.24, 2.45) is 5.41 Å². The fourth-order valence-electron chi connectivity index (χ4n) is 3.12. The number of hydrogen-bond donors (Lipinski definition) is 0. The van der Waals surface area contributed by atoms with E-state index in [9.17, 15) is 10.1 Å². The molecule has 20 heavy (non-hydrogen) atoms. The van der Waals surface area contributed by atoms with Gasteiger partial charge in [-0.2, -0.15) is 5.26 Å². The van der Waals surface area contributed by atoms with Gasteiger partial charge in [0.25, 0.3) is 0 Å². The van der Waals surface area contributed by atoms with E-state index in [1.54, 1.807) is 0 Å². The molecule has 0 radical (unpaired) electrons. The Kier molecular flexibility index (Phi) is 3.12. The molecule has 1 aliphatic rings. The number of Topliss-reactive ketones (excluding diaryl/α,β-unsaturated/α-hetero) is 1. The van der Waals surface area contributed by atoms with Gasteiger partial charge >= 0.3 is 0 Å². The monoisotopic (exact) mass is 261 g/mol. The average molecular weight is 261 g/mol. The van der Waals surface area contributed by atoms with E-state index in [0.717, 1.165) is 11.1 Å². The average Bonchev–Trinajstić information content (AvgIpc) is 2.47. The van der Waals surface area contributed by atoms with Gasteiger partial charge in [-0.25, -0.2) is 0 Å². The molecule has 0 aromatic heterocycles. The van der Waals surface area contributed by atoms with Crippen molar-refractivity contribution in [1.29, 1.82) is 5.26 Å². The van der Waals surface area contributed by atoms with Gasteiger partial charge in [0.15, 0.2) is 0 Å². The van der Waals surface area contributed by atoms with Gasteiger partial charge in [-0.15, -0.1) is 0 Å². The third kappa shape index (κ3) is 2.02. The lowest BCUT2D eigenvalue weighted by Gasteiger charge is -2.41. The first kappa shape index (κ1) is 12.6. The van der Waals surface area contributed by atoms with Gasteiger partial charge in [0.05, 0.1) is 11.5 Å². The maximum Gasteiger partial charge on any atom is 0.136 e. The summed E-state index contributed by atoms with van der Waals surface area (Å²) >= 11 is 0. The van der Waals surface area contributed by atoms with Crippen molar-refractivity contribution in [3.05, 3.63) is 71.8 Å². The maximum atomic E-state index is 11.5. The van der Waals surface area contributed by atoms with E-state index in [1.165, 1.54) is 0 Å². The molecule has 0 unspecified atom stereocenters. The second-order valence-electron chi connectivity index (χ2n) is 5.41. The Bertz CT molecular complexity index is 607. The molecule has 0 spiro atoms. The Labute approximate surface area is 118 Å². The van der Waals surface area contributed by atoms with Crippen LogP contribution < -0.4 is 0 Å². The fourth-order valence-corrected chi connectivity index (χ4v) is 3.12. The van der Waals surface area contributed by atoms with Crippen LogP contribution in [-0.2, 0) is 4.79 Å². The summed E-state index contributed by atoms with van der Waals surface area (Å²) in [5.74, 6) is 0.149. The standard InChI is InChI=1S/C18H15NO/c19-13-18(11-16(20)12-18)17(14-7-3-1-4-8-14)15-9-5-2-6-10-15/h1-10,17H,11-12H2. The molecule has 1 aliphatic carbocycles. The van der Waals surface area contributed by atoms with Crippen LogP contribution in [0.4, 0.5) is 0 Å². The van der Waals surface area contributed by atoms with E-state index in [4.69, 9.17) is 0 Å². The van der Waals surface area contributed by atoms with Crippen LogP contribution in [0.25, 0.3) is 0 Å². The van der Waals surface area contributed by atoms with Crippen molar-refractivity contribution in [2.75, 3.05) is 0 Å². The Morgan fingerprint density at radius 1 is 0.900 bits per heavy atom. The van der Waals surface area contributed by atoms with Crippen LogP contribution in [0.15, 0.2) is 60.7 Å². The van der Waals surface area contributed by atoms with E-state index in [-0.39, 0.29) is 11.7 Å². The minimum Gasteiger partial charge on any atom is -0.300 e. The molecule has 98 valence electrons. The first-order valence-corrected chi connectivity index (χ1v) is 6.78. The minimum absolute atomic E-state index is 0.0346. The maximum absolute atomic E-state index is 11.5. The van der Waals surface area contributed by atoms with E-state index in [2.05, 4.69) is 6.07 Å². The first-order chi connectivity index (χ1) is 9.75. The number of rotatable bonds is 3. The Morgan fingerprint density at radius 2 is 1.35 bits per heavy atom. The highest BCUT2D eigenvalue weighted by atomic mass is 16.1. The molecule has 2 aromatic carbocycles. The van der Waals surface area contributed by atoms with E-state index < -0.39 is 5.41 Å². The number of hydrogen-bond acceptors (Lipinski definition) is 2. The van der Waals surface area contributed by atoms with Crippen LogP contribution in [0.5, 0.6) is 0 Å². The lowest BCUT2D eigenvalue weighted by molar-refractivity contribution is -0.130. The number of benzene rings is 2. The summed E-state index contributed by atoms with van der Waals surface area (Å²) in [5.41, 5.74) is 1.63. The topological polar surface area (TPSA) is 40.9 Å². The van der Waals surface area contributed by atoms with Crippen molar-refractivity contribution in [1.82, 2.24) is 0 Å². The molecular formula is C18H15NO. The van der Waals surface area contributed by atoms with Gasteiger partial charge in [0.1, 0.15) is 5.78 Å². The number of nitriles is 1. The van der Waals surface area contributed by atoms with E-state index in [1.807, 2.05) is 60.7 Å².